The first-order chi connectivity index (χ1) is 14.7. The second-order valence-electron chi connectivity index (χ2n) is 7.50. The Morgan fingerprint density at radius 2 is 2.23 bits per heavy atom. The summed E-state index contributed by atoms with van der Waals surface area (Å²) in [6.07, 6.45) is 6.33. The summed E-state index contributed by atoms with van der Waals surface area (Å²) >= 11 is 1.79. The fourth-order valence-corrected chi connectivity index (χ4v) is 4.17. The molecule has 1 unspecified atom stereocenters. The second kappa shape index (κ2) is 11.9. The van der Waals surface area contributed by atoms with E-state index in [4.69, 9.17) is 14.5 Å². The van der Waals surface area contributed by atoms with Crippen molar-refractivity contribution >= 4 is 17.3 Å². The molecule has 6 nitrogen and oxygen atoms in total. The predicted molar refractivity (Wildman–Crippen MR) is 124 cm³/mol. The molecule has 1 aliphatic rings. The van der Waals surface area contributed by atoms with Gasteiger partial charge in [-0.3, -0.25) is 0 Å². The van der Waals surface area contributed by atoms with Crippen LogP contribution in [0, 0.1) is 6.92 Å². The Morgan fingerprint density at radius 3 is 2.97 bits per heavy atom. The molecule has 0 radical (unpaired) electrons. The Labute approximate surface area is 184 Å². The minimum atomic E-state index is 0.208. The normalized spacial score (nSPS) is 16.6. The van der Waals surface area contributed by atoms with Gasteiger partial charge in [-0.15, -0.1) is 11.3 Å². The number of benzene rings is 1. The summed E-state index contributed by atoms with van der Waals surface area (Å²) in [6, 6.07) is 6.31. The third kappa shape index (κ3) is 6.99. The lowest BCUT2D eigenvalue weighted by Crippen LogP contribution is -2.38. The van der Waals surface area contributed by atoms with Gasteiger partial charge in [0, 0.05) is 42.8 Å². The average molecular weight is 431 g/mol. The van der Waals surface area contributed by atoms with Crippen molar-refractivity contribution in [2.24, 2.45) is 4.99 Å². The molecule has 1 fully saturated rings. The van der Waals surface area contributed by atoms with Crippen molar-refractivity contribution in [3.8, 4) is 5.75 Å². The quantitative estimate of drug-likeness (QED) is 0.442. The molecule has 30 heavy (non-hydrogen) atoms. The van der Waals surface area contributed by atoms with E-state index in [9.17, 15) is 0 Å². The third-order valence-electron chi connectivity index (χ3n) is 5.00. The van der Waals surface area contributed by atoms with Crippen LogP contribution in [0.1, 0.15) is 47.7 Å². The van der Waals surface area contributed by atoms with E-state index in [1.54, 1.807) is 11.3 Å². The summed E-state index contributed by atoms with van der Waals surface area (Å²) in [4.78, 5) is 10.6. The minimum Gasteiger partial charge on any atom is -0.491 e. The van der Waals surface area contributed by atoms with Gasteiger partial charge in [0.25, 0.3) is 0 Å². The fourth-order valence-electron chi connectivity index (χ4n) is 3.31. The summed E-state index contributed by atoms with van der Waals surface area (Å²) < 4.78 is 11.8. The lowest BCUT2D eigenvalue weighted by Gasteiger charge is -2.15. The number of hydrogen-bond donors (Lipinski definition) is 2. The van der Waals surface area contributed by atoms with E-state index in [0.29, 0.717) is 13.2 Å². The van der Waals surface area contributed by atoms with E-state index in [1.807, 2.05) is 6.20 Å². The summed E-state index contributed by atoms with van der Waals surface area (Å²) in [5.41, 5.74) is 2.27. The maximum absolute atomic E-state index is 6.10. The van der Waals surface area contributed by atoms with E-state index in [-0.39, 0.29) is 6.10 Å². The van der Waals surface area contributed by atoms with Crippen LogP contribution in [0.5, 0.6) is 5.75 Å². The van der Waals surface area contributed by atoms with E-state index in [1.165, 1.54) is 15.4 Å². The van der Waals surface area contributed by atoms with Crippen LogP contribution in [0.25, 0.3) is 0 Å². The highest BCUT2D eigenvalue weighted by Gasteiger charge is 2.17. The number of nitrogens with zero attached hydrogens (tertiary/aromatic N) is 2. The number of aryl methyl sites for hydroxylation is 2. The van der Waals surface area contributed by atoms with Gasteiger partial charge in [-0.1, -0.05) is 19.1 Å². The van der Waals surface area contributed by atoms with Gasteiger partial charge >= 0.3 is 0 Å². The molecule has 1 saturated heterocycles. The molecule has 1 atom stereocenters. The number of hydrogen-bond acceptors (Lipinski definition) is 5. The van der Waals surface area contributed by atoms with Crippen LogP contribution in [-0.2, 0) is 24.1 Å². The molecule has 0 aliphatic carbocycles. The van der Waals surface area contributed by atoms with Gasteiger partial charge in [0.1, 0.15) is 12.4 Å². The molecule has 1 aromatic carbocycles. The van der Waals surface area contributed by atoms with E-state index >= 15 is 0 Å². The molecule has 164 valence electrons. The van der Waals surface area contributed by atoms with E-state index < -0.39 is 0 Å². The molecule has 3 rings (SSSR count). The van der Waals surface area contributed by atoms with Gasteiger partial charge in [-0.25, -0.2) is 9.98 Å². The molecule has 0 amide bonds. The molecule has 2 heterocycles. The molecule has 2 N–H and O–H groups in total. The number of thiazole rings is 1. The maximum Gasteiger partial charge on any atom is 0.191 e. The SMILES string of the molecule is CCNC(=NCc1ccc(C)cc1OCC1CCCO1)NCCc1ncc(CC)s1. The van der Waals surface area contributed by atoms with Gasteiger partial charge < -0.3 is 20.1 Å². The molecule has 1 aromatic heterocycles. The summed E-state index contributed by atoms with van der Waals surface area (Å²) in [5, 5.41) is 7.91. The van der Waals surface area contributed by atoms with Crippen molar-refractivity contribution in [1.29, 1.82) is 0 Å². The lowest BCUT2D eigenvalue weighted by molar-refractivity contribution is 0.0676. The van der Waals surface area contributed by atoms with Crippen LogP contribution in [0.15, 0.2) is 29.4 Å². The maximum atomic E-state index is 6.10. The first-order valence-corrected chi connectivity index (χ1v) is 11.8. The minimum absolute atomic E-state index is 0.208. The Kier molecular flexibility index (Phi) is 8.96. The Balaban J connectivity index is 1.57. The van der Waals surface area contributed by atoms with Crippen LogP contribution in [0.3, 0.4) is 0 Å². The number of aromatic nitrogens is 1. The Morgan fingerprint density at radius 1 is 1.33 bits per heavy atom. The van der Waals surface area contributed by atoms with Crippen molar-refractivity contribution < 1.29 is 9.47 Å². The van der Waals surface area contributed by atoms with E-state index in [0.717, 1.165) is 62.7 Å². The Hall–Kier alpha value is -2.12. The molecule has 0 spiro atoms. The topological polar surface area (TPSA) is 67.8 Å². The van der Waals surface area contributed by atoms with Gasteiger partial charge in [0.2, 0.25) is 0 Å². The molecule has 0 bridgehead atoms. The number of guanidine groups is 1. The smallest absolute Gasteiger partial charge is 0.191 e. The molecule has 0 saturated carbocycles. The van der Waals surface area contributed by atoms with Crippen LogP contribution in [-0.4, -0.2) is 43.4 Å². The molecular weight excluding hydrogens is 396 g/mol. The molecule has 7 heteroatoms. The molecule has 1 aliphatic heterocycles. The highest BCUT2D eigenvalue weighted by atomic mass is 32.1. The molecular formula is C23H34N4O2S. The van der Waals surface area contributed by atoms with Crippen molar-refractivity contribution in [2.45, 2.75) is 59.1 Å². The zero-order valence-corrected chi connectivity index (χ0v) is 19.2. The summed E-state index contributed by atoms with van der Waals surface area (Å²) in [7, 11) is 0. The van der Waals surface area contributed by atoms with Crippen LogP contribution in [0.2, 0.25) is 0 Å². The zero-order valence-electron chi connectivity index (χ0n) is 18.4. The molecule has 2 aromatic rings. The Bertz CT molecular complexity index is 815. The second-order valence-corrected chi connectivity index (χ2v) is 8.70. The predicted octanol–water partition coefficient (Wildman–Crippen LogP) is 3.87. The van der Waals surface area contributed by atoms with Crippen molar-refractivity contribution in [1.82, 2.24) is 15.6 Å². The fraction of sp³-hybridized carbons (Fsp3) is 0.565. The van der Waals surface area contributed by atoms with Crippen molar-refractivity contribution in [3.63, 3.8) is 0 Å². The van der Waals surface area contributed by atoms with Crippen molar-refractivity contribution in [2.75, 3.05) is 26.3 Å². The highest BCUT2D eigenvalue weighted by molar-refractivity contribution is 7.11. The number of aliphatic imine (C=N–C) groups is 1. The number of rotatable bonds is 10. The zero-order chi connectivity index (χ0) is 21.2. The van der Waals surface area contributed by atoms with Crippen LogP contribution in [0.4, 0.5) is 0 Å². The van der Waals surface area contributed by atoms with Gasteiger partial charge in [-0.2, -0.15) is 0 Å². The number of ether oxygens (including phenoxy) is 2. The van der Waals surface area contributed by atoms with E-state index in [2.05, 4.69) is 54.6 Å². The van der Waals surface area contributed by atoms with Crippen molar-refractivity contribution in [3.05, 3.63) is 45.4 Å². The van der Waals surface area contributed by atoms with Gasteiger partial charge in [0.05, 0.1) is 17.7 Å². The van der Waals surface area contributed by atoms with Crippen LogP contribution >= 0.6 is 11.3 Å². The average Bonchev–Trinajstić information content (AvgIpc) is 3.43. The first kappa shape index (κ1) is 22.6. The monoisotopic (exact) mass is 430 g/mol. The summed E-state index contributed by atoms with van der Waals surface area (Å²) in [6.45, 7) is 9.96. The van der Waals surface area contributed by atoms with Gasteiger partial charge in [-0.05, 0) is 44.7 Å². The third-order valence-corrected chi connectivity index (χ3v) is 6.21. The standard InChI is InChI=1S/C23H34N4O2S/c1-4-20-15-26-22(30-20)10-11-25-23(24-5-2)27-14-18-9-8-17(3)13-21(18)29-16-19-7-6-12-28-19/h8-9,13,15,19H,4-7,10-12,14,16H2,1-3H3,(H2,24,25,27). The highest BCUT2D eigenvalue weighted by Crippen LogP contribution is 2.23. The number of nitrogens with one attached hydrogen (secondary N) is 2. The summed E-state index contributed by atoms with van der Waals surface area (Å²) in [5.74, 6) is 1.72. The largest absolute Gasteiger partial charge is 0.491 e. The van der Waals surface area contributed by atoms with Gasteiger partial charge in [0.15, 0.2) is 5.96 Å². The van der Waals surface area contributed by atoms with Crippen LogP contribution < -0.4 is 15.4 Å². The first-order valence-electron chi connectivity index (χ1n) is 11.0. The lowest BCUT2D eigenvalue weighted by atomic mass is 10.1.